The summed E-state index contributed by atoms with van der Waals surface area (Å²) >= 11 is 1.56. The number of methoxy groups -OCH3 is 1. The van der Waals surface area contributed by atoms with Gasteiger partial charge in [-0.1, -0.05) is 18.7 Å². The monoisotopic (exact) mass is 297 g/mol. The van der Waals surface area contributed by atoms with Gasteiger partial charge in [-0.3, -0.25) is 4.79 Å². The topological polar surface area (TPSA) is 64.1 Å². The highest BCUT2D eigenvalue weighted by Crippen LogP contribution is 2.20. The Morgan fingerprint density at radius 3 is 2.50 bits per heavy atom. The van der Waals surface area contributed by atoms with Crippen molar-refractivity contribution in [2.75, 3.05) is 19.4 Å². The zero-order valence-electron chi connectivity index (χ0n) is 12.8. The van der Waals surface area contributed by atoms with Crippen LogP contribution in [0, 0.1) is 13.8 Å². The van der Waals surface area contributed by atoms with Crippen LogP contribution in [-0.4, -0.2) is 40.9 Å². The number of carbonyl (C=O) groups excluding carboxylic acids is 1. The van der Waals surface area contributed by atoms with Crippen LogP contribution >= 0.6 is 11.8 Å². The van der Waals surface area contributed by atoms with Crippen LogP contribution in [0.3, 0.4) is 0 Å². The van der Waals surface area contributed by atoms with Crippen molar-refractivity contribution in [1.29, 1.82) is 0 Å². The van der Waals surface area contributed by atoms with E-state index in [2.05, 4.69) is 15.3 Å². The summed E-state index contributed by atoms with van der Waals surface area (Å²) in [5.74, 6) is 0.517. The number of thioether (sulfide) groups is 1. The summed E-state index contributed by atoms with van der Waals surface area (Å²) in [6, 6.07) is 1.95. The molecule has 1 atom stereocenters. The quantitative estimate of drug-likeness (QED) is 0.472. The van der Waals surface area contributed by atoms with Crippen LogP contribution in [-0.2, 0) is 9.53 Å². The van der Waals surface area contributed by atoms with Gasteiger partial charge < -0.3 is 10.1 Å². The highest BCUT2D eigenvalue weighted by molar-refractivity contribution is 7.99. The van der Waals surface area contributed by atoms with Gasteiger partial charge in [-0.05, 0) is 39.8 Å². The van der Waals surface area contributed by atoms with Crippen molar-refractivity contribution in [3.05, 3.63) is 17.5 Å². The van der Waals surface area contributed by atoms with Crippen LogP contribution in [0.2, 0.25) is 0 Å². The van der Waals surface area contributed by atoms with Gasteiger partial charge in [0.05, 0.1) is 7.11 Å². The van der Waals surface area contributed by atoms with Crippen molar-refractivity contribution in [1.82, 2.24) is 15.3 Å². The molecule has 0 saturated carbocycles. The van der Waals surface area contributed by atoms with Gasteiger partial charge in [0.1, 0.15) is 5.54 Å². The van der Waals surface area contributed by atoms with Crippen molar-refractivity contribution < 1.29 is 9.53 Å². The van der Waals surface area contributed by atoms with Crippen molar-refractivity contribution in [2.24, 2.45) is 0 Å². The van der Waals surface area contributed by atoms with E-state index >= 15 is 0 Å². The van der Waals surface area contributed by atoms with Gasteiger partial charge in [-0.15, -0.1) is 0 Å². The summed E-state index contributed by atoms with van der Waals surface area (Å²) in [7, 11) is 1.41. The van der Waals surface area contributed by atoms with E-state index in [9.17, 15) is 4.79 Å². The highest BCUT2D eigenvalue weighted by Gasteiger charge is 2.32. The van der Waals surface area contributed by atoms with E-state index in [1.165, 1.54) is 7.11 Å². The molecule has 1 heterocycles. The standard InChI is InChI=1S/C14H23N3O2S/c1-6-15-14(4,12(18)19-5)7-8-20-13-16-10(2)9-11(3)17-13/h9,15H,6-8H2,1-5H3. The SMILES string of the molecule is CCNC(C)(CCSc1nc(C)cc(C)n1)C(=O)OC. The molecule has 0 saturated heterocycles. The molecule has 1 aromatic rings. The van der Waals surface area contributed by atoms with Gasteiger partial charge in [0.25, 0.3) is 0 Å². The van der Waals surface area contributed by atoms with Gasteiger partial charge in [-0.2, -0.15) is 0 Å². The number of likely N-dealkylation sites (N-methyl/N-ethyl adjacent to an activating group) is 1. The predicted molar refractivity (Wildman–Crippen MR) is 80.9 cm³/mol. The van der Waals surface area contributed by atoms with Crippen molar-refractivity contribution in [3.8, 4) is 0 Å². The first-order valence-corrected chi connectivity index (χ1v) is 7.68. The molecule has 6 heteroatoms. The van der Waals surface area contributed by atoms with Crippen LogP contribution in [0.25, 0.3) is 0 Å². The maximum absolute atomic E-state index is 11.8. The Hall–Kier alpha value is -1.14. The Balaban J connectivity index is 2.62. The molecule has 0 radical (unpaired) electrons. The first kappa shape index (κ1) is 16.9. The minimum Gasteiger partial charge on any atom is -0.468 e. The number of rotatable bonds is 7. The Morgan fingerprint density at radius 1 is 1.40 bits per heavy atom. The fourth-order valence-corrected chi connectivity index (χ4v) is 3.09. The fraction of sp³-hybridized carbons (Fsp3) is 0.643. The number of hydrogen-bond donors (Lipinski definition) is 1. The number of carbonyl (C=O) groups is 1. The molecule has 0 spiro atoms. The zero-order valence-corrected chi connectivity index (χ0v) is 13.6. The van der Waals surface area contributed by atoms with Crippen molar-refractivity contribution in [3.63, 3.8) is 0 Å². The Bertz CT molecular complexity index is 447. The summed E-state index contributed by atoms with van der Waals surface area (Å²) in [5.41, 5.74) is 1.26. The average molecular weight is 297 g/mol. The molecule has 0 aliphatic carbocycles. The van der Waals surface area contributed by atoms with E-state index in [0.29, 0.717) is 6.42 Å². The summed E-state index contributed by atoms with van der Waals surface area (Å²) in [6.07, 6.45) is 0.661. The maximum Gasteiger partial charge on any atom is 0.325 e. The van der Waals surface area contributed by atoms with E-state index in [0.717, 1.165) is 28.8 Å². The predicted octanol–water partition coefficient (Wildman–Crippen LogP) is 2.12. The summed E-state index contributed by atoms with van der Waals surface area (Å²) in [6.45, 7) is 8.47. The number of nitrogens with one attached hydrogen (secondary N) is 1. The molecule has 0 aromatic carbocycles. The normalized spacial score (nSPS) is 13.8. The second-order valence-electron chi connectivity index (χ2n) is 4.89. The van der Waals surface area contributed by atoms with Crippen LogP contribution in [0.5, 0.6) is 0 Å². The third-order valence-corrected chi connectivity index (χ3v) is 3.85. The minimum atomic E-state index is -0.657. The number of ether oxygens (including phenoxy) is 1. The van der Waals surface area contributed by atoms with Crippen molar-refractivity contribution in [2.45, 2.75) is 44.8 Å². The molecule has 1 rings (SSSR count). The minimum absolute atomic E-state index is 0.235. The molecular weight excluding hydrogens is 274 g/mol. The van der Waals surface area contributed by atoms with Crippen molar-refractivity contribution >= 4 is 17.7 Å². The lowest BCUT2D eigenvalue weighted by Gasteiger charge is -2.27. The number of aromatic nitrogens is 2. The molecule has 1 unspecified atom stereocenters. The van der Waals surface area contributed by atoms with Crippen LogP contribution in [0.4, 0.5) is 0 Å². The lowest BCUT2D eigenvalue weighted by atomic mass is 9.99. The second-order valence-corrected chi connectivity index (χ2v) is 5.95. The third-order valence-electron chi connectivity index (χ3n) is 3.00. The highest BCUT2D eigenvalue weighted by atomic mass is 32.2. The molecule has 0 fully saturated rings. The molecule has 0 aliphatic rings. The van der Waals surface area contributed by atoms with Gasteiger partial charge in [0.2, 0.25) is 0 Å². The number of nitrogens with zero attached hydrogens (tertiary/aromatic N) is 2. The smallest absolute Gasteiger partial charge is 0.325 e. The molecular formula is C14H23N3O2S. The van der Waals surface area contributed by atoms with Gasteiger partial charge >= 0.3 is 5.97 Å². The number of esters is 1. The average Bonchev–Trinajstić information content (AvgIpc) is 2.37. The Kier molecular flexibility index (Phi) is 6.42. The number of aryl methyl sites for hydroxylation is 2. The van der Waals surface area contributed by atoms with Gasteiger partial charge in [0, 0.05) is 17.1 Å². The number of hydrogen-bond acceptors (Lipinski definition) is 6. The molecule has 0 aliphatic heterocycles. The van der Waals surface area contributed by atoms with E-state index in [1.807, 2.05) is 33.8 Å². The first-order valence-electron chi connectivity index (χ1n) is 6.70. The van der Waals surface area contributed by atoms with E-state index in [4.69, 9.17) is 4.74 Å². The molecule has 112 valence electrons. The molecule has 0 bridgehead atoms. The largest absolute Gasteiger partial charge is 0.468 e. The second kappa shape index (κ2) is 7.59. The van der Waals surface area contributed by atoms with Gasteiger partial charge in [0.15, 0.2) is 5.16 Å². The van der Waals surface area contributed by atoms with E-state index < -0.39 is 5.54 Å². The van der Waals surface area contributed by atoms with Crippen LogP contribution in [0.1, 0.15) is 31.7 Å². The third kappa shape index (κ3) is 4.76. The first-order chi connectivity index (χ1) is 9.41. The Morgan fingerprint density at radius 2 is 2.00 bits per heavy atom. The maximum atomic E-state index is 11.8. The lowest BCUT2D eigenvalue weighted by Crippen LogP contribution is -2.50. The van der Waals surface area contributed by atoms with Crippen LogP contribution < -0.4 is 5.32 Å². The molecule has 20 heavy (non-hydrogen) atoms. The fourth-order valence-electron chi connectivity index (χ4n) is 1.98. The van der Waals surface area contributed by atoms with E-state index in [-0.39, 0.29) is 5.97 Å². The van der Waals surface area contributed by atoms with Crippen LogP contribution in [0.15, 0.2) is 11.2 Å². The molecule has 5 nitrogen and oxygen atoms in total. The molecule has 1 aromatic heterocycles. The van der Waals surface area contributed by atoms with E-state index in [1.54, 1.807) is 11.8 Å². The summed E-state index contributed by atoms with van der Waals surface area (Å²) < 4.78 is 4.87. The Labute approximate surface area is 124 Å². The summed E-state index contributed by atoms with van der Waals surface area (Å²) in [4.78, 5) is 20.6. The molecule has 1 N–H and O–H groups in total. The van der Waals surface area contributed by atoms with Gasteiger partial charge in [-0.25, -0.2) is 9.97 Å². The molecule has 0 amide bonds. The zero-order chi connectivity index (χ0) is 15.2. The lowest BCUT2D eigenvalue weighted by molar-refractivity contribution is -0.147. The summed E-state index contributed by atoms with van der Waals surface area (Å²) in [5, 5.41) is 3.95.